The van der Waals surface area contributed by atoms with E-state index in [2.05, 4.69) is 4.74 Å². The molecule has 1 N–H and O–H groups in total. The maximum Gasteiger partial charge on any atom is 0.573 e. The quantitative estimate of drug-likeness (QED) is 0.481. The minimum atomic E-state index is -4.87. The third kappa shape index (κ3) is 4.42. The SMILES string of the molecule is COc1cccc(C2C(C(=O)c3cccs3)=C(O)C(=O)N2c2ccc(OC(F)(F)F)cc2)c1. The number of Topliss-reactive ketones (excluding diaryl/α,β-unsaturated/α-hetero) is 1. The van der Waals surface area contributed by atoms with Crippen LogP contribution in [0.25, 0.3) is 0 Å². The average molecular weight is 475 g/mol. The molecule has 33 heavy (non-hydrogen) atoms. The molecule has 0 aliphatic carbocycles. The summed E-state index contributed by atoms with van der Waals surface area (Å²) < 4.78 is 46.7. The van der Waals surface area contributed by atoms with Gasteiger partial charge < -0.3 is 14.6 Å². The maximum absolute atomic E-state index is 13.2. The first-order valence-electron chi connectivity index (χ1n) is 9.54. The van der Waals surface area contributed by atoms with E-state index in [1.165, 1.54) is 19.2 Å². The summed E-state index contributed by atoms with van der Waals surface area (Å²) in [6.45, 7) is 0. The van der Waals surface area contributed by atoms with Crippen molar-refractivity contribution in [3.8, 4) is 11.5 Å². The number of anilines is 1. The Morgan fingerprint density at radius 1 is 1.06 bits per heavy atom. The number of amides is 1. The summed E-state index contributed by atoms with van der Waals surface area (Å²) in [4.78, 5) is 27.8. The molecule has 1 unspecified atom stereocenters. The smallest absolute Gasteiger partial charge is 0.503 e. The second-order valence-corrected chi connectivity index (χ2v) is 7.91. The van der Waals surface area contributed by atoms with Crippen LogP contribution in [-0.2, 0) is 4.79 Å². The molecule has 1 atom stereocenters. The van der Waals surface area contributed by atoms with E-state index in [0.717, 1.165) is 28.4 Å². The normalized spacial score (nSPS) is 16.3. The monoisotopic (exact) mass is 475 g/mol. The molecule has 1 aliphatic rings. The number of benzene rings is 2. The second kappa shape index (κ2) is 8.62. The molecule has 2 heterocycles. The summed E-state index contributed by atoms with van der Waals surface area (Å²) in [7, 11) is 1.46. The minimum Gasteiger partial charge on any atom is -0.503 e. The Bertz CT molecular complexity index is 1220. The number of rotatable bonds is 6. The lowest BCUT2D eigenvalue weighted by Gasteiger charge is -2.27. The van der Waals surface area contributed by atoms with Gasteiger partial charge in [-0.05, 0) is 53.4 Å². The summed E-state index contributed by atoms with van der Waals surface area (Å²) in [6, 6.07) is 13.4. The van der Waals surface area contributed by atoms with Gasteiger partial charge in [0.25, 0.3) is 5.91 Å². The van der Waals surface area contributed by atoms with Crippen molar-refractivity contribution < 1.29 is 37.3 Å². The minimum absolute atomic E-state index is 0.133. The number of ether oxygens (including phenoxy) is 2. The van der Waals surface area contributed by atoms with Crippen LogP contribution in [0.2, 0.25) is 0 Å². The van der Waals surface area contributed by atoms with Crippen molar-refractivity contribution in [1.29, 1.82) is 0 Å². The van der Waals surface area contributed by atoms with E-state index in [9.17, 15) is 27.9 Å². The van der Waals surface area contributed by atoms with Crippen LogP contribution in [0.15, 0.2) is 77.4 Å². The van der Waals surface area contributed by atoms with Crippen LogP contribution in [0.1, 0.15) is 21.3 Å². The molecule has 4 rings (SSSR count). The zero-order valence-electron chi connectivity index (χ0n) is 17.0. The Hall–Kier alpha value is -3.79. The number of hydrogen-bond acceptors (Lipinski definition) is 6. The molecule has 0 spiro atoms. The van der Waals surface area contributed by atoms with Gasteiger partial charge in [-0.1, -0.05) is 18.2 Å². The van der Waals surface area contributed by atoms with Crippen molar-refractivity contribution >= 4 is 28.7 Å². The van der Waals surface area contributed by atoms with Gasteiger partial charge in [0, 0.05) is 5.69 Å². The van der Waals surface area contributed by atoms with Gasteiger partial charge in [0.2, 0.25) is 5.78 Å². The van der Waals surface area contributed by atoms with Gasteiger partial charge in [-0.15, -0.1) is 24.5 Å². The van der Waals surface area contributed by atoms with Crippen LogP contribution in [0.5, 0.6) is 11.5 Å². The molecule has 2 aromatic carbocycles. The first-order chi connectivity index (χ1) is 15.7. The van der Waals surface area contributed by atoms with Crippen molar-refractivity contribution in [1.82, 2.24) is 0 Å². The highest BCUT2D eigenvalue weighted by atomic mass is 32.1. The van der Waals surface area contributed by atoms with Crippen molar-refractivity contribution in [2.75, 3.05) is 12.0 Å². The number of aliphatic hydroxyl groups excluding tert-OH is 1. The summed E-state index contributed by atoms with van der Waals surface area (Å²) in [5.41, 5.74) is 0.511. The summed E-state index contributed by atoms with van der Waals surface area (Å²) in [5, 5.41) is 12.4. The number of carbonyl (C=O) groups excluding carboxylic acids is 2. The Balaban J connectivity index is 1.80. The van der Waals surface area contributed by atoms with E-state index in [0.29, 0.717) is 16.2 Å². The summed E-state index contributed by atoms with van der Waals surface area (Å²) in [5.74, 6) is -2.11. The number of nitrogens with zero attached hydrogens (tertiary/aromatic N) is 1. The standard InChI is InChI=1S/C23H16F3NO5S/c1-31-16-5-2-4-13(12-16)19-18(20(28)17-6-3-11-33-17)21(29)22(30)27(19)14-7-9-15(10-8-14)32-23(24,25)26/h2-12,19,29H,1H3. The molecule has 1 aromatic heterocycles. The Labute approximate surface area is 190 Å². The molecule has 170 valence electrons. The number of thiophene rings is 1. The lowest BCUT2D eigenvalue weighted by atomic mass is 9.95. The molecule has 1 aliphatic heterocycles. The Morgan fingerprint density at radius 2 is 1.79 bits per heavy atom. The molecule has 0 radical (unpaired) electrons. The highest BCUT2D eigenvalue weighted by Crippen LogP contribution is 2.43. The lowest BCUT2D eigenvalue weighted by Crippen LogP contribution is -2.31. The van der Waals surface area contributed by atoms with E-state index in [1.807, 2.05) is 0 Å². The molecular weight excluding hydrogens is 459 g/mol. The van der Waals surface area contributed by atoms with Crippen LogP contribution in [0.4, 0.5) is 18.9 Å². The van der Waals surface area contributed by atoms with E-state index < -0.39 is 35.6 Å². The number of aliphatic hydroxyl groups is 1. The van der Waals surface area contributed by atoms with Crippen LogP contribution < -0.4 is 14.4 Å². The molecule has 0 saturated carbocycles. The predicted octanol–water partition coefficient (Wildman–Crippen LogP) is 5.44. The third-order valence-electron chi connectivity index (χ3n) is 4.96. The van der Waals surface area contributed by atoms with E-state index in [4.69, 9.17) is 4.74 Å². The summed E-state index contributed by atoms with van der Waals surface area (Å²) >= 11 is 1.16. The van der Waals surface area contributed by atoms with Gasteiger partial charge in [0.15, 0.2) is 5.76 Å². The molecule has 3 aromatic rings. The molecule has 0 fully saturated rings. The molecule has 1 amide bonds. The van der Waals surface area contributed by atoms with Gasteiger partial charge in [-0.25, -0.2) is 0 Å². The van der Waals surface area contributed by atoms with Crippen LogP contribution in [-0.4, -0.2) is 30.3 Å². The molecule has 6 nitrogen and oxygen atoms in total. The van der Waals surface area contributed by atoms with Gasteiger partial charge in [-0.2, -0.15) is 0 Å². The summed E-state index contributed by atoms with van der Waals surface area (Å²) in [6.07, 6.45) is -4.87. The first kappa shape index (κ1) is 22.4. The van der Waals surface area contributed by atoms with Crippen molar-refractivity contribution in [2.45, 2.75) is 12.4 Å². The molecule has 0 bridgehead atoms. The highest BCUT2D eigenvalue weighted by molar-refractivity contribution is 7.12. The Kier molecular flexibility index (Phi) is 5.86. The number of halogens is 3. The van der Waals surface area contributed by atoms with Crippen LogP contribution >= 0.6 is 11.3 Å². The zero-order valence-corrected chi connectivity index (χ0v) is 17.8. The number of hydrogen-bond donors (Lipinski definition) is 1. The van der Waals surface area contributed by atoms with Crippen LogP contribution in [0.3, 0.4) is 0 Å². The first-order valence-corrected chi connectivity index (χ1v) is 10.4. The third-order valence-corrected chi connectivity index (χ3v) is 5.82. The topological polar surface area (TPSA) is 76.1 Å². The van der Waals surface area contributed by atoms with E-state index >= 15 is 0 Å². The van der Waals surface area contributed by atoms with Gasteiger partial charge in [0.1, 0.15) is 11.5 Å². The molecule has 0 saturated heterocycles. The van der Waals surface area contributed by atoms with Gasteiger partial charge in [-0.3, -0.25) is 14.5 Å². The maximum atomic E-state index is 13.2. The van der Waals surface area contributed by atoms with Crippen molar-refractivity contribution in [3.63, 3.8) is 0 Å². The van der Waals surface area contributed by atoms with Crippen molar-refractivity contribution in [2.24, 2.45) is 0 Å². The fourth-order valence-electron chi connectivity index (χ4n) is 3.58. The Morgan fingerprint density at radius 3 is 2.39 bits per heavy atom. The van der Waals surface area contributed by atoms with E-state index in [1.54, 1.807) is 41.8 Å². The number of ketones is 1. The fourth-order valence-corrected chi connectivity index (χ4v) is 4.26. The number of carbonyl (C=O) groups is 2. The molecule has 10 heteroatoms. The largest absolute Gasteiger partial charge is 0.573 e. The number of alkyl halides is 3. The van der Waals surface area contributed by atoms with E-state index in [-0.39, 0.29) is 11.3 Å². The molecular formula is C23H16F3NO5S. The fraction of sp³-hybridized carbons (Fsp3) is 0.130. The van der Waals surface area contributed by atoms with Gasteiger partial charge >= 0.3 is 6.36 Å². The highest BCUT2D eigenvalue weighted by Gasteiger charge is 2.45. The lowest BCUT2D eigenvalue weighted by molar-refractivity contribution is -0.274. The van der Waals surface area contributed by atoms with Gasteiger partial charge in [0.05, 0.1) is 23.6 Å². The average Bonchev–Trinajstić information content (AvgIpc) is 3.41. The van der Waals surface area contributed by atoms with Crippen LogP contribution in [0, 0.1) is 0 Å². The zero-order chi connectivity index (χ0) is 23.8. The second-order valence-electron chi connectivity index (χ2n) is 6.96. The van der Waals surface area contributed by atoms with Crippen molar-refractivity contribution in [3.05, 3.63) is 87.8 Å². The predicted molar refractivity (Wildman–Crippen MR) is 115 cm³/mol. The number of methoxy groups -OCH3 is 1.